The number of hydrogen-bond acceptors (Lipinski definition) is 5. The minimum absolute atomic E-state index is 0.130. The fourth-order valence-corrected chi connectivity index (χ4v) is 1.88. The lowest BCUT2D eigenvalue weighted by molar-refractivity contribution is 0.477. The number of para-hydroxylation sites is 1. The van der Waals surface area contributed by atoms with Crippen LogP contribution in [-0.2, 0) is 0 Å². The molecule has 1 heterocycles. The van der Waals surface area contributed by atoms with Crippen molar-refractivity contribution in [2.24, 2.45) is 4.99 Å². The van der Waals surface area contributed by atoms with E-state index in [-0.39, 0.29) is 11.6 Å². The first-order chi connectivity index (χ1) is 11.7. The molecule has 0 spiro atoms. The van der Waals surface area contributed by atoms with Crippen molar-refractivity contribution in [3.05, 3.63) is 59.8 Å². The van der Waals surface area contributed by atoms with Crippen LogP contribution in [0.4, 0.5) is 5.82 Å². The van der Waals surface area contributed by atoms with Gasteiger partial charge in [0.05, 0.1) is 11.3 Å². The fraction of sp³-hybridized carbons (Fsp3) is 0.105. The van der Waals surface area contributed by atoms with Gasteiger partial charge in [0, 0.05) is 23.6 Å². The molecule has 0 radical (unpaired) electrons. The predicted octanol–water partition coefficient (Wildman–Crippen LogP) is 3.33. The van der Waals surface area contributed by atoms with Gasteiger partial charge in [0.25, 0.3) is 0 Å². The summed E-state index contributed by atoms with van der Waals surface area (Å²) in [4.78, 5) is 4.01. The van der Waals surface area contributed by atoms with Crippen molar-refractivity contribution in [1.82, 2.24) is 10.2 Å². The quantitative estimate of drug-likeness (QED) is 0.516. The standard InChI is InChI=1S/C19H18N4O/c1-3-14(11-12-21-4-2)9-10-15-13-17(22-23-19(15)20)16-7-5-6-8-18(16)24/h3-8,11-13,24H,1-2H3,(H2,20,23)/b12-11-,14-3-,21-4-. The average molecular weight is 318 g/mol. The molecule has 0 unspecified atom stereocenters. The van der Waals surface area contributed by atoms with Crippen molar-refractivity contribution in [3.8, 4) is 28.8 Å². The molecule has 0 aliphatic carbocycles. The van der Waals surface area contributed by atoms with Crippen molar-refractivity contribution < 1.29 is 5.11 Å². The van der Waals surface area contributed by atoms with Crippen molar-refractivity contribution in [3.63, 3.8) is 0 Å². The molecule has 3 N–H and O–H groups in total. The first-order valence-electron chi connectivity index (χ1n) is 7.40. The number of benzene rings is 1. The zero-order chi connectivity index (χ0) is 17.4. The molecule has 24 heavy (non-hydrogen) atoms. The second-order valence-corrected chi connectivity index (χ2v) is 4.76. The van der Waals surface area contributed by atoms with E-state index in [1.165, 1.54) is 0 Å². The molecule has 0 amide bonds. The molecule has 0 saturated carbocycles. The third-order valence-corrected chi connectivity index (χ3v) is 3.14. The van der Waals surface area contributed by atoms with Crippen LogP contribution in [0.15, 0.2) is 59.2 Å². The van der Waals surface area contributed by atoms with E-state index >= 15 is 0 Å². The Morgan fingerprint density at radius 1 is 1.25 bits per heavy atom. The van der Waals surface area contributed by atoms with Crippen LogP contribution in [0.1, 0.15) is 19.4 Å². The Kier molecular flexibility index (Phi) is 5.87. The number of aromatic nitrogens is 2. The minimum Gasteiger partial charge on any atom is -0.507 e. The number of rotatable bonds is 3. The second-order valence-electron chi connectivity index (χ2n) is 4.76. The van der Waals surface area contributed by atoms with Gasteiger partial charge in [0.15, 0.2) is 5.82 Å². The molecule has 0 aliphatic rings. The van der Waals surface area contributed by atoms with Crippen LogP contribution in [0.3, 0.4) is 0 Å². The van der Waals surface area contributed by atoms with Crippen LogP contribution < -0.4 is 5.73 Å². The molecule has 1 aromatic carbocycles. The third kappa shape index (κ3) is 4.31. The maximum Gasteiger partial charge on any atom is 0.161 e. The first kappa shape index (κ1) is 17.0. The van der Waals surface area contributed by atoms with Crippen molar-refractivity contribution >= 4 is 12.0 Å². The molecule has 120 valence electrons. The number of nitrogens with two attached hydrogens (primary N) is 1. The van der Waals surface area contributed by atoms with Crippen LogP contribution in [-0.4, -0.2) is 21.5 Å². The molecule has 0 fully saturated rings. The number of hydrogen-bond donors (Lipinski definition) is 2. The fourth-order valence-electron chi connectivity index (χ4n) is 1.88. The molecule has 1 aromatic heterocycles. The van der Waals surface area contributed by atoms with E-state index in [9.17, 15) is 5.11 Å². The first-order valence-corrected chi connectivity index (χ1v) is 7.40. The van der Waals surface area contributed by atoms with Gasteiger partial charge >= 0.3 is 0 Å². The van der Waals surface area contributed by atoms with Gasteiger partial charge in [-0.05, 0) is 38.1 Å². The molecular formula is C19H18N4O. The van der Waals surface area contributed by atoms with Crippen LogP contribution in [0.25, 0.3) is 11.3 Å². The molecule has 0 aliphatic heterocycles. The molecule has 2 aromatic rings. The van der Waals surface area contributed by atoms with E-state index in [0.29, 0.717) is 16.8 Å². The molecule has 5 heteroatoms. The van der Waals surface area contributed by atoms with Crippen molar-refractivity contribution in [1.29, 1.82) is 0 Å². The molecule has 0 atom stereocenters. The van der Waals surface area contributed by atoms with Crippen LogP contribution >= 0.6 is 0 Å². The van der Waals surface area contributed by atoms with Gasteiger partial charge < -0.3 is 10.8 Å². The monoisotopic (exact) mass is 318 g/mol. The third-order valence-electron chi connectivity index (χ3n) is 3.14. The lowest BCUT2D eigenvalue weighted by Crippen LogP contribution is -1.99. The molecule has 2 rings (SSSR count). The Hall–Kier alpha value is -3.39. The van der Waals surface area contributed by atoms with E-state index in [0.717, 1.165) is 5.57 Å². The van der Waals surface area contributed by atoms with Gasteiger partial charge in [0.2, 0.25) is 0 Å². The van der Waals surface area contributed by atoms with E-state index in [4.69, 9.17) is 5.73 Å². The Balaban J connectivity index is 2.37. The maximum atomic E-state index is 9.93. The number of phenolic OH excluding ortho intramolecular Hbond substituents is 1. The molecule has 5 nitrogen and oxygen atoms in total. The second kappa shape index (κ2) is 8.30. The normalized spacial score (nSPS) is 11.7. The summed E-state index contributed by atoms with van der Waals surface area (Å²) in [6.07, 6.45) is 7.05. The highest BCUT2D eigenvalue weighted by Gasteiger charge is 2.08. The molecule has 0 bridgehead atoms. The average Bonchev–Trinajstić information content (AvgIpc) is 2.60. The van der Waals surface area contributed by atoms with Crippen molar-refractivity contribution in [2.45, 2.75) is 13.8 Å². The van der Waals surface area contributed by atoms with Gasteiger partial charge in [-0.15, -0.1) is 10.2 Å². The topological polar surface area (TPSA) is 84.4 Å². The van der Waals surface area contributed by atoms with E-state index in [1.807, 2.05) is 32.1 Å². The van der Waals surface area contributed by atoms with Crippen LogP contribution in [0.2, 0.25) is 0 Å². The molecule has 0 saturated heterocycles. The van der Waals surface area contributed by atoms with Gasteiger partial charge in [-0.25, -0.2) is 0 Å². The summed E-state index contributed by atoms with van der Waals surface area (Å²) >= 11 is 0. The van der Waals surface area contributed by atoms with Gasteiger partial charge in [0.1, 0.15) is 5.75 Å². The zero-order valence-electron chi connectivity index (χ0n) is 13.6. The number of phenols is 1. The predicted molar refractivity (Wildman–Crippen MR) is 97.5 cm³/mol. The summed E-state index contributed by atoms with van der Waals surface area (Å²) in [7, 11) is 0. The van der Waals surface area contributed by atoms with E-state index < -0.39 is 0 Å². The summed E-state index contributed by atoms with van der Waals surface area (Å²) in [5.74, 6) is 6.38. The number of nitrogen functional groups attached to an aromatic ring is 1. The number of anilines is 1. The highest BCUT2D eigenvalue weighted by molar-refractivity contribution is 5.69. The number of aliphatic imine (C=N–C) groups is 1. The maximum absolute atomic E-state index is 9.93. The summed E-state index contributed by atoms with van der Waals surface area (Å²) in [6, 6.07) is 8.63. The number of aromatic hydroxyl groups is 1. The van der Waals surface area contributed by atoms with E-state index in [2.05, 4.69) is 27.0 Å². The van der Waals surface area contributed by atoms with E-state index in [1.54, 1.807) is 36.7 Å². The highest BCUT2D eigenvalue weighted by Crippen LogP contribution is 2.27. The lowest BCUT2D eigenvalue weighted by atomic mass is 10.1. The summed E-state index contributed by atoms with van der Waals surface area (Å²) in [6.45, 7) is 3.74. The highest BCUT2D eigenvalue weighted by atomic mass is 16.3. The smallest absolute Gasteiger partial charge is 0.161 e. The SMILES string of the molecule is C\C=N/C=C\C(C#Cc1cc(-c2ccccc2O)nnc1N)=C/C. The Bertz CT molecular complexity index is 870. The molecular weight excluding hydrogens is 300 g/mol. The zero-order valence-corrected chi connectivity index (χ0v) is 13.6. The van der Waals surface area contributed by atoms with Gasteiger partial charge in [-0.2, -0.15) is 0 Å². The number of nitrogens with zero attached hydrogens (tertiary/aromatic N) is 3. The van der Waals surface area contributed by atoms with Gasteiger partial charge in [-0.3, -0.25) is 4.99 Å². The van der Waals surface area contributed by atoms with Crippen LogP contribution in [0.5, 0.6) is 5.75 Å². The Labute approximate surface area is 141 Å². The van der Waals surface area contributed by atoms with Crippen molar-refractivity contribution in [2.75, 3.05) is 5.73 Å². The minimum atomic E-state index is 0.130. The number of allylic oxidation sites excluding steroid dienone is 3. The Morgan fingerprint density at radius 2 is 2.04 bits per heavy atom. The summed E-state index contributed by atoms with van der Waals surface area (Å²) < 4.78 is 0. The Morgan fingerprint density at radius 3 is 2.75 bits per heavy atom. The lowest BCUT2D eigenvalue weighted by Gasteiger charge is -2.04. The largest absolute Gasteiger partial charge is 0.507 e. The van der Waals surface area contributed by atoms with Gasteiger partial charge in [-0.1, -0.05) is 30.0 Å². The summed E-state index contributed by atoms with van der Waals surface area (Å²) in [5, 5.41) is 17.9. The summed E-state index contributed by atoms with van der Waals surface area (Å²) in [5.41, 5.74) is 8.31. The van der Waals surface area contributed by atoms with Crippen LogP contribution in [0, 0.1) is 11.8 Å².